The molecule has 0 saturated carbocycles. The Morgan fingerprint density at radius 3 is 2.94 bits per heavy atom. The van der Waals surface area contributed by atoms with E-state index in [2.05, 4.69) is 4.98 Å². The zero-order valence-corrected chi connectivity index (χ0v) is 9.34. The number of imidazole rings is 1. The average Bonchev–Trinajstić information content (AvgIpc) is 2.60. The number of benzene rings is 1. The highest BCUT2D eigenvalue weighted by Gasteiger charge is 2.08. The van der Waals surface area contributed by atoms with Gasteiger partial charge in [0.1, 0.15) is 6.54 Å². The minimum absolute atomic E-state index is 0.0381. The number of hydrogen-bond acceptors (Lipinski definition) is 3. The van der Waals surface area contributed by atoms with Crippen molar-refractivity contribution < 1.29 is 4.79 Å². The molecule has 1 aromatic carbocycles. The first-order valence-electron chi connectivity index (χ1n) is 4.98. The van der Waals surface area contributed by atoms with Gasteiger partial charge in [-0.15, -0.1) is 0 Å². The van der Waals surface area contributed by atoms with Crippen LogP contribution in [0, 0.1) is 0 Å². The molecule has 0 fully saturated rings. The van der Waals surface area contributed by atoms with E-state index in [1.165, 1.54) is 0 Å². The highest BCUT2D eigenvalue weighted by Crippen LogP contribution is 2.15. The predicted octanol–water partition coefficient (Wildman–Crippen LogP) is 0.707. The Bertz CT molecular complexity index is 530. The van der Waals surface area contributed by atoms with Crippen LogP contribution in [0.1, 0.15) is 0 Å². The van der Waals surface area contributed by atoms with Gasteiger partial charge in [0.2, 0.25) is 5.91 Å². The van der Waals surface area contributed by atoms with Gasteiger partial charge in [-0.2, -0.15) is 0 Å². The van der Waals surface area contributed by atoms with Gasteiger partial charge in [-0.25, -0.2) is 4.98 Å². The molecular formula is C11H14N4O. The number of likely N-dealkylation sites (N-methyl/N-ethyl adjacent to an activating group) is 1. The van der Waals surface area contributed by atoms with Crippen molar-refractivity contribution in [3.8, 4) is 0 Å². The minimum Gasteiger partial charge on any atom is -0.399 e. The summed E-state index contributed by atoms with van der Waals surface area (Å²) in [5.41, 5.74) is 8.07. The molecule has 2 N–H and O–H groups in total. The van der Waals surface area contributed by atoms with Crippen molar-refractivity contribution in [2.75, 3.05) is 19.8 Å². The van der Waals surface area contributed by atoms with Crippen molar-refractivity contribution in [1.29, 1.82) is 0 Å². The second-order valence-corrected chi connectivity index (χ2v) is 3.91. The topological polar surface area (TPSA) is 64.2 Å². The van der Waals surface area contributed by atoms with Gasteiger partial charge < -0.3 is 15.2 Å². The Hall–Kier alpha value is -2.04. The number of carbonyl (C=O) groups excluding carboxylic acids is 1. The number of nitrogens with two attached hydrogens (primary N) is 1. The molecule has 2 aromatic rings. The Balaban J connectivity index is 2.35. The summed E-state index contributed by atoms with van der Waals surface area (Å²) < 4.78 is 1.82. The van der Waals surface area contributed by atoms with Crippen molar-refractivity contribution in [3.05, 3.63) is 24.5 Å². The smallest absolute Gasteiger partial charge is 0.242 e. The van der Waals surface area contributed by atoms with E-state index in [1.54, 1.807) is 37.5 Å². The van der Waals surface area contributed by atoms with E-state index in [0.717, 1.165) is 11.0 Å². The lowest BCUT2D eigenvalue weighted by Gasteiger charge is -2.10. The lowest BCUT2D eigenvalue weighted by atomic mass is 10.3. The number of hydrogen-bond donors (Lipinski definition) is 1. The fourth-order valence-electron chi connectivity index (χ4n) is 1.49. The summed E-state index contributed by atoms with van der Waals surface area (Å²) in [4.78, 5) is 17.3. The predicted molar refractivity (Wildman–Crippen MR) is 62.8 cm³/mol. The zero-order valence-electron chi connectivity index (χ0n) is 9.34. The fraction of sp³-hybridized carbons (Fsp3) is 0.273. The third-order valence-corrected chi connectivity index (χ3v) is 2.45. The molecule has 16 heavy (non-hydrogen) atoms. The van der Waals surface area contributed by atoms with Gasteiger partial charge >= 0.3 is 0 Å². The third kappa shape index (κ3) is 1.84. The molecule has 5 heteroatoms. The maximum absolute atomic E-state index is 11.6. The van der Waals surface area contributed by atoms with Crippen LogP contribution in [0.3, 0.4) is 0 Å². The van der Waals surface area contributed by atoms with Crippen molar-refractivity contribution in [2.24, 2.45) is 0 Å². The number of carbonyl (C=O) groups is 1. The summed E-state index contributed by atoms with van der Waals surface area (Å²) in [5, 5.41) is 0. The molecule has 0 bridgehead atoms. The zero-order chi connectivity index (χ0) is 11.7. The SMILES string of the molecule is CN(C)C(=O)Cn1cnc2cc(N)ccc21. The van der Waals surface area contributed by atoms with E-state index in [9.17, 15) is 4.79 Å². The van der Waals surface area contributed by atoms with Crippen LogP contribution in [0.15, 0.2) is 24.5 Å². The van der Waals surface area contributed by atoms with Gasteiger partial charge in [0.15, 0.2) is 0 Å². The molecule has 1 heterocycles. The largest absolute Gasteiger partial charge is 0.399 e. The molecule has 0 aliphatic heterocycles. The Labute approximate surface area is 93.5 Å². The molecule has 2 rings (SSSR count). The van der Waals surface area contributed by atoms with E-state index in [-0.39, 0.29) is 5.91 Å². The van der Waals surface area contributed by atoms with Crippen LogP contribution < -0.4 is 5.73 Å². The van der Waals surface area contributed by atoms with Crippen molar-refractivity contribution >= 4 is 22.6 Å². The summed E-state index contributed by atoms with van der Waals surface area (Å²) in [6.45, 7) is 0.299. The van der Waals surface area contributed by atoms with Gasteiger partial charge in [0, 0.05) is 19.8 Å². The summed E-state index contributed by atoms with van der Waals surface area (Å²) in [6.07, 6.45) is 1.66. The Morgan fingerprint density at radius 2 is 2.25 bits per heavy atom. The Morgan fingerprint density at radius 1 is 1.50 bits per heavy atom. The van der Waals surface area contributed by atoms with Gasteiger partial charge in [0.05, 0.1) is 17.4 Å². The van der Waals surface area contributed by atoms with Gasteiger partial charge in [-0.3, -0.25) is 4.79 Å². The van der Waals surface area contributed by atoms with Crippen LogP contribution in [0.25, 0.3) is 11.0 Å². The first kappa shape index (κ1) is 10.5. The maximum Gasteiger partial charge on any atom is 0.242 e. The molecule has 0 unspecified atom stereocenters. The molecule has 0 spiro atoms. The maximum atomic E-state index is 11.6. The summed E-state index contributed by atoms with van der Waals surface area (Å²) >= 11 is 0. The number of fused-ring (bicyclic) bond motifs is 1. The molecular weight excluding hydrogens is 204 g/mol. The van der Waals surface area contributed by atoms with Crippen LogP contribution in [0.2, 0.25) is 0 Å². The van der Waals surface area contributed by atoms with Crippen LogP contribution in [0.4, 0.5) is 5.69 Å². The van der Waals surface area contributed by atoms with Gasteiger partial charge in [0.25, 0.3) is 0 Å². The first-order chi connectivity index (χ1) is 7.58. The highest BCUT2D eigenvalue weighted by molar-refractivity contribution is 5.82. The normalized spacial score (nSPS) is 10.6. The molecule has 0 aliphatic rings. The van der Waals surface area contributed by atoms with Crippen LogP contribution in [-0.2, 0) is 11.3 Å². The van der Waals surface area contributed by atoms with Gasteiger partial charge in [-0.1, -0.05) is 0 Å². The summed E-state index contributed by atoms with van der Waals surface area (Å²) in [6, 6.07) is 5.48. The van der Waals surface area contributed by atoms with Crippen LogP contribution in [-0.4, -0.2) is 34.5 Å². The number of anilines is 1. The van der Waals surface area contributed by atoms with Crippen LogP contribution in [0.5, 0.6) is 0 Å². The van der Waals surface area contributed by atoms with E-state index in [0.29, 0.717) is 12.2 Å². The number of aromatic nitrogens is 2. The first-order valence-corrected chi connectivity index (χ1v) is 4.98. The lowest BCUT2D eigenvalue weighted by molar-refractivity contribution is -0.129. The van der Waals surface area contributed by atoms with E-state index < -0.39 is 0 Å². The van der Waals surface area contributed by atoms with E-state index in [4.69, 9.17) is 5.73 Å². The monoisotopic (exact) mass is 218 g/mol. The summed E-state index contributed by atoms with van der Waals surface area (Å²) in [5.74, 6) is 0.0381. The Kier molecular flexibility index (Phi) is 2.52. The molecule has 0 aliphatic carbocycles. The third-order valence-electron chi connectivity index (χ3n) is 2.45. The molecule has 0 atom stereocenters. The molecule has 84 valence electrons. The van der Waals surface area contributed by atoms with Crippen LogP contribution >= 0.6 is 0 Å². The standard InChI is InChI=1S/C11H14N4O/c1-14(2)11(16)6-15-7-13-9-5-8(12)3-4-10(9)15/h3-5,7H,6,12H2,1-2H3. The van der Waals surface area contributed by atoms with E-state index in [1.807, 2.05) is 10.6 Å². The number of nitrogen functional groups attached to an aromatic ring is 1. The van der Waals surface area contributed by atoms with Crippen molar-refractivity contribution in [1.82, 2.24) is 14.5 Å². The quantitative estimate of drug-likeness (QED) is 0.755. The number of amides is 1. The fourth-order valence-corrected chi connectivity index (χ4v) is 1.49. The molecule has 0 radical (unpaired) electrons. The van der Waals surface area contributed by atoms with Crippen molar-refractivity contribution in [3.63, 3.8) is 0 Å². The molecule has 1 amide bonds. The number of rotatable bonds is 2. The second-order valence-electron chi connectivity index (χ2n) is 3.91. The van der Waals surface area contributed by atoms with E-state index >= 15 is 0 Å². The van der Waals surface area contributed by atoms with Gasteiger partial charge in [-0.05, 0) is 18.2 Å². The lowest BCUT2D eigenvalue weighted by Crippen LogP contribution is -2.25. The van der Waals surface area contributed by atoms with Crippen molar-refractivity contribution in [2.45, 2.75) is 6.54 Å². The average molecular weight is 218 g/mol. The highest BCUT2D eigenvalue weighted by atomic mass is 16.2. The summed E-state index contributed by atoms with van der Waals surface area (Å²) in [7, 11) is 3.47. The molecule has 1 aromatic heterocycles. The number of nitrogens with zero attached hydrogens (tertiary/aromatic N) is 3. The second kappa shape index (κ2) is 3.84. The minimum atomic E-state index is 0.0381. The molecule has 5 nitrogen and oxygen atoms in total. The molecule has 0 saturated heterocycles.